The average molecular weight is 238 g/mol. The Morgan fingerprint density at radius 1 is 1.71 bits per heavy atom. The highest BCUT2D eigenvalue weighted by Crippen LogP contribution is 2.10. The molecule has 6 nitrogen and oxygen atoms in total. The molecule has 2 rings (SSSR count). The summed E-state index contributed by atoms with van der Waals surface area (Å²) in [5.41, 5.74) is 0.715. The molecule has 2 heterocycles. The quantitative estimate of drug-likeness (QED) is 0.824. The number of aromatic nitrogens is 2. The first-order chi connectivity index (χ1) is 8.28. The summed E-state index contributed by atoms with van der Waals surface area (Å²) in [7, 11) is 0. The molecule has 0 aliphatic carbocycles. The number of rotatable bonds is 4. The van der Waals surface area contributed by atoms with Crippen LogP contribution in [0.2, 0.25) is 0 Å². The smallest absolute Gasteiger partial charge is 0.319 e. The number of nitrogens with zero attached hydrogens (tertiary/aromatic N) is 2. The highest BCUT2D eigenvalue weighted by molar-refractivity contribution is 5.88. The molecule has 1 saturated heterocycles. The molecule has 0 saturated carbocycles. The van der Waals surface area contributed by atoms with E-state index in [9.17, 15) is 4.79 Å². The zero-order valence-corrected chi connectivity index (χ0v) is 9.98. The molecule has 1 atom stereocenters. The number of aryl methyl sites for hydroxylation is 1. The summed E-state index contributed by atoms with van der Waals surface area (Å²) in [5, 5.41) is 9.66. The van der Waals surface area contributed by atoms with Gasteiger partial charge in [0.1, 0.15) is 0 Å². The van der Waals surface area contributed by atoms with Gasteiger partial charge >= 0.3 is 6.03 Å². The summed E-state index contributed by atoms with van der Waals surface area (Å²) in [4.78, 5) is 11.6. The molecule has 2 amide bonds. The third-order valence-corrected chi connectivity index (χ3v) is 2.79. The second-order valence-corrected chi connectivity index (χ2v) is 4.15. The Kier molecular flexibility index (Phi) is 3.98. The van der Waals surface area contributed by atoms with Crippen LogP contribution in [-0.2, 0) is 11.3 Å². The Morgan fingerprint density at radius 3 is 3.24 bits per heavy atom. The van der Waals surface area contributed by atoms with Gasteiger partial charge in [0.25, 0.3) is 0 Å². The molecule has 1 aromatic heterocycles. The fourth-order valence-electron chi connectivity index (χ4n) is 1.76. The Bertz CT molecular complexity index is 371. The van der Waals surface area contributed by atoms with E-state index in [0.29, 0.717) is 18.2 Å². The SMILES string of the molecule is CCn1cc(NC(=O)NCC2CCOC2)cn1. The van der Waals surface area contributed by atoms with Crippen molar-refractivity contribution in [2.75, 3.05) is 25.1 Å². The largest absolute Gasteiger partial charge is 0.381 e. The van der Waals surface area contributed by atoms with E-state index in [2.05, 4.69) is 15.7 Å². The van der Waals surface area contributed by atoms with Crippen LogP contribution in [-0.4, -0.2) is 35.6 Å². The van der Waals surface area contributed by atoms with Crippen molar-refractivity contribution in [3.8, 4) is 0 Å². The summed E-state index contributed by atoms with van der Waals surface area (Å²) in [6, 6.07) is -0.187. The summed E-state index contributed by atoms with van der Waals surface area (Å²) < 4.78 is 7.00. The minimum absolute atomic E-state index is 0.187. The highest BCUT2D eigenvalue weighted by atomic mass is 16.5. The normalized spacial score (nSPS) is 19.2. The number of amides is 2. The van der Waals surface area contributed by atoms with Gasteiger partial charge in [-0.2, -0.15) is 5.10 Å². The predicted molar refractivity (Wildman–Crippen MR) is 63.8 cm³/mol. The molecule has 1 aromatic rings. The maximum absolute atomic E-state index is 11.6. The molecular formula is C11H18N4O2. The minimum atomic E-state index is -0.187. The average Bonchev–Trinajstić information content (AvgIpc) is 2.97. The molecule has 1 aliphatic rings. The third-order valence-electron chi connectivity index (χ3n) is 2.79. The lowest BCUT2D eigenvalue weighted by atomic mass is 10.1. The monoisotopic (exact) mass is 238 g/mol. The van der Waals surface area contributed by atoms with E-state index in [4.69, 9.17) is 4.74 Å². The number of ether oxygens (including phenoxy) is 1. The predicted octanol–water partition coefficient (Wildman–Crippen LogP) is 1.06. The van der Waals surface area contributed by atoms with Crippen molar-refractivity contribution in [2.24, 2.45) is 5.92 Å². The Morgan fingerprint density at radius 2 is 2.59 bits per heavy atom. The van der Waals surface area contributed by atoms with E-state index in [-0.39, 0.29) is 6.03 Å². The van der Waals surface area contributed by atoms with Crippen molar-refractivity contribution in [3.63, 3.8) is 0 Å². The number of carbonyl (C=O) groups excluding carboxylic acids is 1. The van der Waals surface area contributed by atoms with Crippen molar-refractivity contribution in [1.82, 2.24) is 15.1 Å². The van der Waals surface area contributed by atoms with Gasteiger partial charge in [0, 0.05) is 31.8 Å². The molecule has 0 bridgehead atoms. The van der Waals surface area contributed by atoms with Crippen LogP contribution in [0, 0.1) is 5.92 Å². The van der Waals surface area contributed by atoms with E-state index in [1.54, 1.807) is 17.1 Å². The van der Waals surface area contributed by atoms with Crippen LogP contribution in [0.5, 0.6) is 0 Å². The van der Waals surface area contributed by atoms with Gasteiger partial charge in [-0.3, -0.25) is 4.68 Å². The van der Waals surface area contributed by atoms with Gasteiger partial charge in [-0.15, -0.1) is 0 Å². The van der Waals surface area contributed by atoms with Crippen molar-refractivity contribution in [3.05, 3.63) is 12.4 Å². The Hall–Kier alpha value is -1.56. The highest BCUT2D eigenvalue weighted by Gasteiger charge is 2.16. The molecule has 1 fully saturated rings. The molecule has 0 aromatic carbocycles. The molecule has 1 aliphatic heterocycles. The first-order valence-corrected chi connectivity index (χ1v) is 5.93. The van der Waals surface area contributed by atoms with Crippen LogP contribution < -0.4 is 10.6 Å². The van der Waals surface area contributed by atoms with Crippen LogP contribution in [0.15, 0.2) is 12.4 Å². The standard InChI is InChI=1S/C11H18N4O2/c1-2-15-7-10(6-13-15)14-11(16)12-5-9-3-4-17-8-9/h6-7,9H,2-5,8H2,1H3,(H2,12,14,16). The van der Waals surface area contributed by atoms with Crippen LogP contribution in [0.3, 0.4) is 0 Å². The van der Waals surface area contributed by atoms with Crippen LogP contribution in [0.25, 0.3) is 0 Å². The molecule has 1 unspecified atom stereocenters. The van der Waals surface area contributed by atoms with Gasteiger partial charge in [0.05, 0.1) is 18.5 Å². The summed E-state index contributed by atoms with van der Waals surface area (Å²) in [5.74, 6) is 0.444. The summed E-state index contributed by atoms with van der Waals surface area (Å²) in [6.45, 7) is 5.00. The van der Waals surface area contributed by atoms with Crippen molar-refractivity contribution >= 4 is 11.7 Å². The summed E-state index contributed by atoms with van der Waals surface area (Å²) >= 11 is 0. The van der Waals surface area contributed by atoms with Gasteiger partial charge in [0.2, 0.25) is 0 Å². The van der Waals surface area contributed by atoms with E-state index in [1.165, 1.54) is 0 Å². The van der Waals surface area contributed by atoms with Gasteiger partial charge in [-0.25, -0.2) is 4.79 Å². The van der Waals surface area contributed by atoms with Crippen LogP contribution in [0.1, 0.15) is 13.3 Å². The third kappa shape index (κ3) is 3.45. The fourth-order valence-corrected chi connectivity index (χ4v) is 1.76. The molecule has 6 heteroatoms. The van der Waals surface area contributed by atoms with Crippen LogP contribution >= 0.6 is 0 Å². The number of hydrogen-bond acceptors (Lipinski definition) is 3. The van der Waals surface area contributed by atoms with Gasteiger partial charge in [0.15, 0.2) is 0 Å². The number of carbonyl (C=O) groups is 1. The van der Waals surface area contributed by atoms with E-state index in [0.717, 1.165) is 26.2 Å². The lowest BCUT2D eigenvalue weighted by molar-refractivity contribution is 0.185. The lowest BCUT2D eigenvalue weighted by Crippen LogP contribution is -2.33. The van der Waals surface area contributed by atoms with Crippen LogP contribution in [0.4, 0.5) is 10.5 Å². The first-order valence-electron chi connectivity index (χ1n) is 5.93. The molecule has 0 radical (unpaired) electrons. The zero-order valence-electron chi connectivity index (χ0n) is 9.98. The molecule has 2 N–H and O–H groups in total. The summed E-state index contributed by atoms with van der Waals surface area (Å²) in [6.07, 6.45) is 4.47. The van der Waals surface area contributed by atoms with Gasteiger partial charge in [-0.05, 0) is 13.3 Å². The first kappa shape index (κ1) is 11.9. The van der Waals surface area contributed by atoms with Crippen molar-refractivity contribution in [1.29, 1.82) is 0 Å². The topological polar surface area (TPSA) is 68.2 Å². The number of anilines is 1. The maximum atomic E-state index is 11.6. The van der Waals surface area contributed by atoms with E-state index >= 15 is 0 Å². The molecular weight excluding hydrogens is 220 g/mol. The van der Waals surface area contributed by atoms with Crippen molar-refractivity contribution < 1.29 is 9.53 Å². The lowest BCUT2D eigenvalue weighted by Gasteiger charge is -2.09. The van der Waals surface area contributed by atoms with Crippen molar-refractivity contribution in [2.45, 2.75) is 19.9 Å². The fraction of sp³-hybridized carbons (Fsp3) is 0.636. The zero-order chi connectivity index (χ0) is 12.1. The van der Waals surface area contributed by atoms with Gasteiger partial charge < -0.3 is 15.4 Å². The second kappa shape index (κ2) is 5.67. The maximum Gasteiger partial charge on any atom is 0.319 e. The minimum Gasteiger partial charge on any atom is -0.381 e. The van der Waals surface area contributed by atoms with E-state index in [1.807, 2.05) is 6.92 Å². The second-order valence-electron chi connectivity index (χ2n) is 4.15. The number of hydrogen-bond donors (Lipinski definition) is 2. The Labute approximate surface area is 100 Å². The molecule has 94 valence electrons. The number of nitrogens with one attached hydrogen (secondary N) is 2. The van der Waals surface area contributed by atoms with Gasteiger partial charge in [-0.1, -0.05) is 0 Å². The van der Waals surface area contributed by atoms with E-state index < -0.39 is 0 Å². The molecule has 17 heavy (non-hydrogen) atoms. The molecule has 0 spiro atoms. The Balaban J connectivity index is 1.72. The number of urea groups is 1.